The van der Waals surface area contributed by atoms with Gasteiger partial charge in [0, 0.05) is 28.1 Å². The number of nitrogen functional groups attached to an aromatic ring is 1. The van der Waals surface area contributed by atoms with Crippen molar-refractivity contribution in [1.29, 1.82) is 0 Å². The van der Waals surface area contributed by atoms with Crippen LogP contribution in [0.3, 0.4) is 0 Å². The minimum Gasteiger partial charge on any atom is -0.383 e. The number of benzene rings is 1. The lowest BCUT2D eigenvalue weighted by atomic mass is 10.1. The van der Waals surface area contributed by atoms with E-state index < -0.39 is 0 Å². The molecule has 21 heavy (non-hydrogen) atoms. The maximum absolute atomic E-state index is 6.05. The fourth-order valence-corrected chi connectivity index (χ4v) is 3.87. The van der Waals surface area contributed by atoms with Crippen molar-refractivity contribution in [2.45, 2.75) is 13.3 Å². The first-order valence-electron chi connectivity index (χ1n) is 6.50. The Labute approximate surface area is 130 Å². The van der Waals surface area contributed by atoms with E-state index in [0.29, 0.717) is 11.6 Å². The van der Waals surface area contributed by atoms with Gasteiger partial charge in [-0.25, -0.2) is 15.0 Å². The summed E-state index contributed by atoms with van der Waals surface area (Å²) < 4.78 is 0. The van der Waals surface area contributed by atoms with Crippen molar-refractivity contribution in [2.24, 2.45) is 0 Å². The molecular weight excluding hydrogens is 304 g/mol. The van der Waals surface area contributed by atoms with Crippen molar-refractivity contribution >= 4 is 28.8 Å². The van der Waals surface area contributed by atoms with Crippen LogP contribution in [0.5, 0.6) is 0 Å². The van der Waals surface area contributed by atoms with Gasteiger partial charge in [0.05, 0.1) is 11.3 Å². The Morgan fingerprint density at radius 1 is 1.24 bits per heavy atom. The lowest BCUT2D eigenvalue weighted by Crippen LogP contribution is -1.98. The molecule has 0 fully saturated rings. The molecule has 2 aromatic heterocycles. The average molecular weight is 315 g/mol. The summed E-state index contributed by atoms with van der Waals surface area (Å²) in [5.41, 5.74) is 10.2. The Balaban J connectivity index is 1.83. The fraction of sp³-hybridized carbons (Fsp3) is 0.133. The number of nitrogens with two attached hydrogens (primary N) is 1. The van der Waals surface area contributed by atoms with Crippen molar-refractivity contribution in [3.63, 3.8) is 0 Å². The standard InChI is InChI=1S/C15H11ClN4S/c1-7-18-6-11(14(17)19-7)15-20-13-10-3-2-9(16)4-8(10)5-12(13)21-15/h2-4,6H,5H2,1H3,(H2,17,18,19). The molecule has 0 spiro atoms. The molecule has 2 heterocycles. The Kier molecular flexibility index (Phi) is 2.74. The van der Waals surface area contributed by atoms with Gasteiger partial charge in [0.25, 0.3) is 0 Å². The molecule has 1 aliphatic carbocycles. The number of aryl methyl sites for hydroxylation is 1. The van der Waals surface area contributed by atoms with Crippen LogP contribution in [0.1, 0.15) is 16.3 Å². The number of halogens is 1. The number of fused-ring (bicyclic) bond motifs is 3. The summed E-state index contributed by atoms with van der Waals surface area (Å²) in [6.07, 6.45) is 2.62. The van der Waals surface area contributed by atoms with Crippen LogP contribution in [0.15, 0.2) is 24.4 Å². The largest absolute Gasteiger partial charge is 0.383 e. The summed E-state index contributed by atoms with van der Waals surface area (Å²) in [6.45, 7) is 1.82. The van der Waals surface area contributed by atoms with Crippen molar-refractivity contribution < 1.29 is 0 Å². The zero-order valence-corrected chi connectivity index (χ0v) is 12.8. The number of aromatic nitrogens is 3. The molecule has 4 rings (SSSR count). The second-order valence-electron chi connectivity index (χ2n) is 4.99. The zero-order valence-electron chi connectivity index (χ0n) is 11.2. The molecule has 104 valence electrons. The maximum atomic E-state index is 6.05. The second kappa shape index (κ2) is 4.51. The molecule has 0 bridgehead atoms. The Hall–Kier alpha value is -1.98. The third-order valence-electron chi connectivity index (χ3n) is 3.54. The van der Waals surface area contributed by atoms with E-state index in [1.165, 1.54) is 10.4 Å². The van der Waals surface area contributed by atoms with Crippen LogP contribution >= 0.6 is 22.9 Å². The first-order chi connectivity index (χ1) is 10.1. The Morgan fingerprint density at radius 3 is 2.90 bits per heavy atom. The van der Waals surface area contributed by atoms with Crippen LogP contribution in [0.4, 0.5) is 5.82 Å². The number of anilines is 1. The van der Waals surface area contributed by atoms with E-state index >= 15 is 0 Å². The molecule has 1 aromatic carbocycles. The highest BCUT2D eigenvalue weighted by molar-refractivity contribution is 7.15. The van der Waals surface area contributed by atoms with Crippen LogP contribution in [-0.2, 0) is 6.42 Å². The first-order valence-corrected chi connectivity index (χ1v) is 7.69. The van der Waals surface area contributed by atoms with Crippen LogP contribution in [0.25, 0.3) is 21.8 Å². The molecule has 0 unspecified atom stereocenters. The van der Waals surface area contributed by atoms with Crippen molar-refractivity contribution in [2.75, 3.05) is 5.73 Å². The average Bonchev–Trinajstić information content (AvgIpc) is 2.95. The van der Waals surface area contributed by atoms with Crippen LogP contribution in [0, 0.1) is 6.92 Å². The molecule has 0 saturated heterocycles. The minimum absolute atomic E-state index is 0.478. The van der Waals surface area contributed by atoms with Crippen LogP contribution in [-0.4, -0.2) is 15.0 Å². The predicted octanol–water partition coefficient (Wildman–Crippen LogP) is 3.72. The molecule has 0 radical (unpaired) electrons. The number of rotatable bonds is 1. The lowest BCUT2D eigenvalue weighted by Gasteiger charge is -2.02. The molecule has 0 amide bonds. The number of thiazole rings is 1. The van der Waals surface area contributed by atoms with Gasteiger partial charge in [0.2, 0.25) is 0 Å². The van der Waals surface area contributed by atoms with Crippen LogP contribution in [0.2, 0.25) is 5.02 Å². The molecule has 3 aromatic rings. The predicted molar refractivity (Wildman–Crippen MR) is 85.5 cm³/mol. The van der Waals surface area contributed by atoms with E-state index in [1.807, 2.05) is 25.1 Å². The van der Waals surface area contributed by atoms with E-state index in [-0.39, 0.29) is 0 Å². The van der Waals surface area contributed by atoms with E-state index in [4.69, 9.17) is 22.3 Å². The molecule has 0 atom stereocenters. The molecule has 0 aliphatic heterocycles. The van der Waals surface area contributed by atoms with Gasteiger partial charge in [-0.15, -0.1) is 11.3 Å². The van der Waals surface area contributed by atoms with Gasteiger partial charge in [-0.05, 0) is 24.6 Å². The number of nitrogens with zero attached hydrogens (tertiary/aromatic N) is 3. The summed E-state index contributed by atoms with van der Waals surface area (Å²) in [7, 11) is 0. The number of hydrogen-bond donors (Lipinski definition) is 1. The molecule has 2 N–H and O–H groups in total. The monoisotopic (exact) mass is 314 g/mol. The van der Waals surface area contributed by atoms with E-state index in [1.54, 1.807) is 17.5 Å². The molecule has 6 heteroatoms. The topological polar surface area (TPSA) is 64.7 Å². The highest BCUT2D eigenvalue weighted by Crippen LogP contribution is 2.43. The van der Waals surface area contributed by atoms with Gasteiger partial charge in [0.1, 0.15) is 16.6 Å². The van der Waals surface area contributed by atoms with Gasteiger partial charge in [0.15, 0.2) is 0 Å². The van der Waals surface area contributed by atoms with Gasteiger partial charge >= 0.3 is 0 Å². The van der Waals surface area contributed by atoms with E-state index in [0.717, 1.165) is 33.3 Å². The second-order valence-corrected chi connectivity index (χ2v) is 6.51. The lowest BCUT2D eigenvalue weighted by molar-refractivity contribution is 1.06. The van der Waals surface area contributed by atoms with E-state index in [2.05, 4.69) is 9.97 Å². The molecular formula is C15H11ClN4S. The molecule has 0 saturated carbocycles. The highest BCUT2D eigenvalue weighted by atomic mass is 35.5. The third-order valence-corrected chi connectivity index (χ3v) is 4.86. The zero-order chi connectivity index (χ0) is 14.6. The van der Waals surface area contributed by atoms with Crippen molar-refractivity contribution in [3.05, 3.63) is 45.7 Å². The van der Waals surface area contributed by atoms with E-state index in [9.17, 15) is 0 Å². The smallest absolute Gasteiger partial charge is 0.137 e. The summed E-state index contributed by atoms with van der Waals surface area (Å²) in [5.74, 6) is 1.14. The van der Waals surface area contributed by atoms with Gasteiger partial charge in [-0.1, -0.05) is 17.7 Å². The quantitative estimate of drug-likeness (QED) is 0.581. The Morgan fingerprint density at radius 2 is 2.10 bits per heavy atom. The summed E-state index contributed by atoms with van der Waals surface area (Å²) >= 11 is 7.69. The first kappa shape index (κ1) is 12.7. The minimum atomic E-state index is 0.478. The highest BCUT2D eigenvalue weighted by Gasteiger charge is 2.24. The van der Waals surface area contributed by atoms with Crippen molar-refractivity contribution in [1.82, 2.24) is 15.0 Å². The fourth-order valence-electron chi connectivity index (χ4n) is 2.56. The molecule has 4 nitrogen and oxygen atoms in total. The maximum Gasteiger partial charge on any atom is 0.137 e. The normalized spacial score (nSPS) is 12.3. The third kappa shape index (κ3) is 2.01. The molecule has 1 aliphatic rings. The van der Waals surface area contributed by atoms with Gasteiger partial charge in [-0.3, -0.25) is 0 Å². The van der Waals surface area contributed by atoms with Gasteiger partial charge in [-0.2, -0.15) is 0 Å². The van der Waals surface area contributed by atoms with Crippen LogP contribution < -0.4 is 5.73 Å². The number of hydrogen-bond acceptors (Lipinski definition) is 5. The summed E-state index contributed by atoms with van der Waals surface area (Å²) in [5, 5.41) is 1.64. The SMILES string of the molecule is Cc1ncc(-c2nc3c(s2)Cc2cc(Cl)ccc2-3)c(N)n1. The van der Waals surface area contributed by atoms with Gasteiger partial charge < -0.3 is 5.73 Å². The summed E-state index contributed by atoms with van der Waals surface area (Å²) in [6, 6.07) is 5.94. The van der Waals surface area contributed by atoms with Crippen molar-refractivity contribution in [3.8, 4) is 21.8 Å². The Bertz CT molecular complexity index is 872. The summed E-state index contributed by atoms with van der Waals surface area (Å²) in [4.78, 5) is 14.4.